The highest BCUT2D eigenvalue weighted by molar-refractivity contribution is 5.93. The Morgan fingerprint density at radius 3 is 2.58 bits per heavy atom. The van der Waals surface area contributed by atoms with Gasteiger partial charge in [-0.15, -0.1) is 0 Å². The lowest BCUT2D eigenvalue weighted by Gasteiger charge is -2.28. The van der Waals surface area contributed by atoms with Gasteiger partial charge in [-0.3, -0.25) is 9.69 Å². The van der Waals surface area contributed by atoms with E-state index < -0.39 is 0 Å². The number of carbonyl (C=O) groups excluding carboxylic acids is 1. The molecule has 0 aromatic heterocycles. The van der Waals surface area contributed by atoms with E-state index in [4.69, 9.17) is 0 Å². The van der Waals surface area contributed by atoms with Crippen LogP contribution in [0.4, 0.5) is 4.39 Å². The van der Waals surface area contributed by atoms with E-state index in [2.05, 4.69) is 22.9 Å². The van der Waals surface area contributed by atoms with Crippen LogP contribution >= 0.6 is 0 Å². The van der Waals surface area contributed by atoms with Crippen molar-refractivity contribution >= 4 is 5.91 Å². The van der Waals surface area contributed by atoms with E-state index in [1.807, 2.05) is 17.0 Å². The predicted octanol–water partition coefficient (Wildman–Crippen LogP) is 2.12. The second-order valence-electron chi connectivity index (χ2n) is 6.79. The van der Waals surface area contributed by atoms with Crippen molar-refractivity contribution in [2.45, 2.75) is 19.4 Å². The van der Waals surface area contributed by atoms with E-state index in [1.54, 1.807) is 0 Å². The molecular weight excluding hydrogens is 305 g/mol. The number of hydrogen-bond donors (Lipinski definition) is 0. The Kier molecular flexibility index (Phi) is 5.63. The molecule has 0 unspecified atom stereocenters. The summed E-state index contributed by atoms with van der Waals surface area (Å²) in [5, 5.41) is 0. The van der Waals surface area contributed by atoms with Crippen LogP contribution in [0, 0.1) is 5.82 Å². The van der Waals surface area contributed by atoms with Gasteiger partial charge in [0.05, 0.1) is 0 Å². The number of benzene rings is 1. The average Bonchev–Trinajstić information content (AvgIpc) is 2.82. The van der Waals surface area contributed by atoms with Gasteiger partial charge in [0, 0.05) is 44.8 Å². The summed E-state index contributed by atoms with van der Waals surface area (Å²) in [4.78, 5) is 19.3. The molecule has 24 heavy (non-hydrogen) atoms. The molecule has 2 aliphatic rings. The zero-order valence-corrected chi connectivity index (χ0v) is 14.4. The fraction of sp³-hybridized carbons (Fsp3) is 0.526. The third-order valence-electron chi connectivity index (χ3n) is 4.89. The summed E-state index contributed by atoms with van der Waals surface area (Å²) in [7, 11) is 2.11. The van der Waals surface area contributed by atoms with E-state index in [0.29, 0.717) is 0 Å². The summed E-state index contributed by atoms with van der Waals surface area (Å²) >= 11 is 0. The van der Waals surface area contributed by atoms with Crippen molar-refractivity contribution in [2.75, 3.05) is 46.3 Å². The molecule has 1 aromatic rings. The zero-order valence-electron chi connectivity index (χ0n) is 14.4. The van der Waals surface area contributed by atoms with Gasteiger partial charge in [-0.1, -0.05) is 18.2 Å². The molecule has 0 spiro atoms. The molecule has 130 valence electrons. The zero-order chi connectivity index (χ0) is 16.9. The molecular formula is C19H26FN3O. The molecule has 1 saturated heterocycles. The SMILES string of the molecule is CN1CCCN(C(=O)C2=CCN(Cc3ccc(F)cc3)CC2)CC1. The highest BCUT2D eigenvalue weighted by atomic mass is 19.1. The maximum absolute atomic E-state index is 13.0. The van der Waals surface area contributed by atoms with Gasteiger partial charge in [-0.05, 0) is 44.1 Å². The summed E-state index contributed by atoms with van der Waals surface area (Å²) < 4.78 is 13.0. The molecule has 0 atom stereocenters. The van der Waals surface area contributed by atoms with Gasteiger partial charge in [0.25, 0.3) is 0 Å². The Hall–Kier alpha value is -1.72. The van der Waals surface area contributed by atoms with Crippen LogP contribution in [0.1, 0.15) is 18.4 Å². The van der Waals surface area contributed by atoms with E-state index >= 15 is 0 Å². The first-order valence-electron chi connectivity index (χ1n) is 8.75. The smallest absolute Gasteiger partial charge is 0.249 e. The van der Waals surface area contributed by atoms with Crippen LogP contribution in [0.5, 0.6) is 0 Å². The van der Waals surface area contributed by atoms with Crippen LogP contribution in [0.25, 0.3) is 0 Å². The van der Waals surface area contributed by atoms with E-state index in [9.17, 15) is 9.18 Å². The molecule has 1 fully saturated rings. The minimum atomic E-state index is -0.201. The molecule has 5 heteroatoms. The van der Waals surface area contributed by atoms with Crippen LogP contribution in [0.15, 0.2) is 35.9 Å². The molecule has 2 heterocycles. The molecule has 0 aliphatic carbocycles. The maximum atomic E-state index is 13.0. The van der Waals surface area contributed by atoms with Crippen molar-refractivity contribution in [1.29, 1.82) is 0 Å². The van der Waals surface area contributed by atoms with Crippen molar-refractivity contribution < 1.29 is 9.18 Å². The molecule has 0 bridgehead atoms. The summed E-state index contributed by atoms with van der Waals surface area (Å²) in [5.41, 5.74) is 2.06. The van der Waals surface area contributed by atoms with Crippen molar-refractivity contribution in [1.82, 2.24) is 14.7 Å². The quantitative estimate of drug-likeness (QED) is 0.849. The first-order valence-corrected chi connectivity index (χ1v) is 8.75. The predicted molar refractivity (Wildman–Crippen MR) is 93.1 cm³/mol. The number of rotatable bonds is 3. The van der Waals surface area contributed by atoms with E-state index in [-0.39, 0.29) is 11.7 Å². The van der Waals surface area contributed by atoms with Crippen LogP contribution in [-0.4, -0.2) is 66.9 Å². The standard InChI is InChI=1S/C19H26FN3O/c1-21-9-2-10-23(14-13-21)19(24)17-7-11-22(12-8-17)15-16-3-5-18(20)6-4-16/h3-7H,2,8-15H2,1H3. The molecule has 0 radical (unpaired) electrons. The summed E-state index contributed by atoms with van der Waals surface area (Å²) in [6.07, 6.45) is 3.92. The summed E-state index contributed by atoms with van der Waals surface area (Å²) in [6, 6.07) is 6.65. The number of amides is 1. The highest BCUT2D eigenvalue weighted by Gasteiger charge is 2.23. The van der Waals surface area contributed by atoms with E-state index in [0.717, 1.165) is 69.8 Å². The first-order chi connectivity index (χ1) is 11.6. The van der Waals surface area contributed by atoms with Gasteiger partial charge in [-0.2, -0.15) is 0 Å². The Labute approximate surface area is 143 Å². The van der Waals surface area contributed by atoms with Crippen molar-refractivity contribution in [3.8, 4) is 0 Å². The molecule has 4 nitrogen and oxygen atoms in total. The Morgan fingerprint density at radius 2 is 1.88 bits per heavy atom. The third kappa shape index (κ3) is 4.42. The lowest BCUT2D eigenvalue weighted by molar-refractivity contribution is -0.127. The average molecular weight is 331 g/mol. The number of likely N-dealkylation sites (N-methyl/N-ethyl adjacent to an activating group) is 1. The number of hydrogen-bond acceptors (Lipinski definition) is 3. The van der Waals surface area contributed by atoms with Crippen LogP contribution < -0.4 is 0 Å². The maximum Gasteiger partial charge on any atom is 0.249 e. The minimum Gasteiger partial charge on any atom is -0.338 e. The minimum absolute atomic E-state index is 0.201. The Bertz CT molecular complexity index is 599. The van der Waals surface area contributed by atoms with Gasteiger partial charge in [0.15, 0.2) is 0 Å². The van der Waals surface area contributed by atoms with Crippen LogP contribution in [0.2, 0.25) is 0 Å². The third-order valence-corrected chi connectivity index (χ3v) is 4.89. The molecule has 3 rings (SSSR count). The van der Waals surface area contributed by atoms with Gasteiger partial charge in [-0.25, -0.2) is 4.39 Å². The highest BCUT2D eigenvalue weighted by Crippen LogP contribution is 2.17. The molecule has 1 aromatic carbocycles. The number of nitrogens with zero attached hydrogens (tertiary/aromatic N) is 3. The summed E-state index contributed by atoms with van der Waals surface area (Å²) in [6.45, 7) is 6.16. The topological polar surface area (TPSA) is 26.8 Å². The van der Waals surface area contributed by atoms with Crippen molar-refractivity contribution in [2.24, 2.45) is 0 Å². The summed E-state index contributed by atoms with van der Waals surface area (Å²) in [5.74, 6) is 0.0139. The fourth-order valence-corrected chi connectivity index (χ4v) is 3.35. The monoisotopic (exact) mass is 331 g/mol. The largest absolute Gasteiger partial charge is 0.338 e. The Balaban J connectivity index is 1.54. The van der Waals surface area contributed by atoms with Crippen molar-refractivity contribution in [3.63, 3.8) is 0 Å². The normalized spacial score (nSPS) is 20.6. The van der Waals surface area contributed by atoms with Gasteiger partial charge >= 0.3 is 0 Å². The van der Waals surface area contributed by atoms with Gasteiger partial charge < -0.3 is 9.80 Å². The van der Waals surface area contributed by atoms with Crippen molar-refractivity contribution in [3.05, 3.63) is 47.3 Å². The number of halogens is 1. The number of carbonyl (C=O) groups is 1. The molecule has 2 aliphatic heterocycles. The van der Waals surface area contributed by atoms with Crippen LogP contribution in [-0.2, 0) is 11.3 Å². The lowest BCUT2D eigenvalue weighted by atomic mass is 10.1. The second-order valence-corrected chi connectivity index (χ2v) is 6.79. The molecule has 0 N–H and O–H groups in total. The lowest BCUT2D eigenvalue weighted by Crippen LogP contribution is -2.38. The molecule has 1 amide bonds. The van der Waals surface area contributed by atoms with Gasteiger partial charge in [0.2, 0.25) is 5.91 Å². The Morgan fingerprint density at radius 1 is 1.08 bits per heavy atom. The van der Waals surface area contributed by atoms with E-state index in [1.165, 1.54) is 12.1 Å². The second kappa shape index (κ2) is 7.90. The van der Waals surface area contributed by atoms with Gasteiger partial charge in [0.1, 0.15) is 5.82 Å². The molecule has 0 saturated carbocycles. The van der Waals surface area contributed by atoms with Crippen LogP contribution in [0.3, 0.4) is 0 Å². The first kappa shape index (κ1) is 17.1. The fourth-order valence-electron chi connectivity index (χ4n) is 3.35.